The minimum atomic E-state index is -3.40. The van der Waals surface area contributed by atoms with Crippen LogP contribution >= 0.6 is 7.14 Å². The molecule has 0 spiro atoms. The van der Waals surface area contributed by atoms with Gasteiger partial charge in [-0.05, 0) is 18.6 Å². The summed E-state index contributed by atoms with van der Waals surface area (Å²) in [6.07, 6.45) is 0.258. The lowest BCUT2D eigenvalue weighted by Crippen LogP contribution is -2.48. The number of aromatic carboxylic acids is 1. The zero-order valence-electron chi connectivity index (χ0n) is 17.4. The molecule has 0 fully saturated rings. The number of hydrogen-bond donors (Lipinski definition) is 3. The fourth-order valence-electron chi connectivity index (χ4n) is 3.55. The summed E-state index contributed by atoms with van der Waals surface area (Å²) in [7, 11) is -3.40. The quantitative estimate of drug-likeness (QED) is 0.379. The van der Waals surface area contributed by atoms with E-state index in [0.717, 1.165) is 0 Å². The Morgan fingerprint density at radius 2 is 1.25 bits per heavy atom. The summed E-state index contributed by atoms with van der Waals surface area (Å²) in [5.41, 5.74) is 3.37. The highest BCUT2D eigenvalue weighted by atomic mass is 31.2. The Morgan fingerprint density at radius 1 is 0.781 bits per heavy atom. The molecule has 8 heteroatoms. The highest BCUT2D eigenvalue weighted by Crippen LogP contribution is 2.49. The number of rotatable bonds is 7. The molecule has 0 saturated heterocycles. The van der Waals surface area contributed by atoms with E-state index in [9.17, 15) is 24.1 Å². The monoisotopic (exact) mass is 450 g/mol. The third-order valence-corrected chi connectivity index (χ3v) is 8.72. The van der Waals surface area contributed by atoms with Crippen molar-refractivity contribution in [2.75, 3.05) is 0 Å². The first kappa shape index (κ1) is 23.0. The van der Waals surface area contributed by atoms with Crippen molar-refractivity contribution < 1.29 is 24.1 Å². The predicted octanol–water partition coefficient (Wildman–Crippen LogP) is 2.94. The van der Waals surface area contributed by atoms with Gasteiger partial charge in [0.1, 0.15) is 5.66 Å². The Bertz CT molecular complexity index is 1120. The molecule has 0 radical (unpaired) electrons. The van der Waals surface area contributed by atoms with Gasteiger partial charge in [-0.1, -0.05) is 79.7 Å². The zero-order chi connectivity index (χ0) is 23.1. The van der Waals surface area contributed by atoms with E-state index in [1.165, 1.54) is 24.3 Å². The molecular weight excluding hydrogens is 427 g/mol. The first-order valence-corrected chi connectivity index (χ1v) is 11.8. The molecule has 7 nitrogen and oxygen atoms in total. The van der Waals surface area contributed by atoms with Gasteiger partial charge in [0, 0.05) is 10.6 Å². The second-order valence-electron chi connectivity index (χ2n) is 7.05. The standard InChI is InChI=1S/C24H23N2O5P/c1-2-21(23(28)26-25-22(27)19-15-9-10-16-20(19)24(29)30)32(31,17-11-5-3-6-12-17)18-13-7-4-8-14-18/h3-16,21H,2H2,1H3,(H,25,27)(H,26,28)(H,29,30)/t21-/m0/s1. The van der Waals surface area contributed by atoms with Gasteiger partial charge in [-0.25, -0.2) is 4.79 Å². The summed E-state index contributed by atoms with van der Waals surface area (Å²) >= 11 is 0. The van der Waals surface area contributed by atoms with E-state index in [1.807, 2.05) is 0 Å². The molecule has 0 aliphatic carbocycles. The van der Waals surface area contributed by atoms with Gasteiger partial charge in [-0.15, -0.1) is 0 Å². The Labute approximate surface area is 185 Å². The Balaban J connectivity index is 1.89. The SMILES string of the molecule is CC[C@@H](C(=O)NNC(=O)c1ccccc1C(=O)O)P(=O)(c1ccccc1)c1ccccc1. The summed E-state index contributed by atoms with van der Waals surface area (Å²) in [6, 6.07) is 23.3. The molecule has 0 heterocycles. The van der Waals surface area contributed by atoms with Gasteiger partial charge in [0.2, 0.25) is 5.91 Å². The molecule has 0 unspecified atom stereocenters. The summed E-state index contributed by atoms with van der Waals surface area (Å²) in [5.74, 6) is -2.66. The second kappa shape index (κ2) is 10.1. The van der Waals surface area contributed by atoms with Crippen LogP contribution in [0.3, 0.4) is 0 Å². The number of benzene rings is 3. The minimum absolute atomic E-state index is 0.0948. The molecule has 3 aromatic carbocycles. The number of amides is 2. The number of nitrogens with one attached hydrogen (secondary N) is 2. The van der Waals surface area contributed by atoms with Crippen LogP contribution in [0.5, 0.6) is 0 Å². The van der Waals surface area contributed by atoms with Crippen molar-refractivity contribution >= 4 is 35.5 Å². The van der Waals surface area contributed by atoms with Crippen LogP contribution in [0.4, 0.5) is 0 Å². The number of carboxylic acid groups (broad SMARTS) is 1. The van der Waals surface area contributed by atoms with Crippen LogP contribution in [0.15, 0.2) is 84.9 Å². The number of carbonyl (C=O) groups is 3. The van der Waals surface area contributed by atoms with Crippen LogP contribution < -0.4 is 21.5 Å². The molecule has 2 amide bonds. The molecule has 0 bridgehead atoms. The Hall–Kier alpha value is -3.70. The van der Waals surface area contributed by atoms with E-state index >= 15 is 0 Å². The number of hydrazine groups is 1. The first-order chi connectivity index (χ1) is 15.4. The third-order valence-electron chi connectivity index (χ3n) is 5.11. The normalized spacial score (nSPS) is 11.9. The summed E-state index contributed by atoms with van der Waals surface area (Å²) in [5, 5.41) is 10.3. The second-order valence-corrected chi connectivity index (χ2v) is 10.0. The number of carbonyl (C=O) groups excluding carboxylic acids is 2. The van der Waals surface area contributed by atoms with Crippen molar-refractivity contribution in [1.82, 2.24) is 10.9 Å². The molecule has 3 aromatic rings. The van der Waals surface area contributed by atoms with Crippen LogP contribution in [-0.4, -0.2) is 28.5 Å². The van der Waals surface area contributed by atoms with Crippen molar-refractivity contribution in [3.63, 3.8) is 0 Å². The molecule has 32 heavy (non-hydrogen) atoms. The lowest BCUT2D eigenvalue weighted by Gasteiger charge is -2.27. The molecule has 0 aromatic heterocycles. The summed E-state index contributed by atoms with van der Waals surface area (Å²) in [6.45, 7) is 1.75. The molecule has 0 saturated carbocycles. The average molecular weight is 450 g/mol. The molecular formula is C24H23N2O5P. The van der Waals surface area contributed by atoms with Crippen molar-refractivity contribution in [1.29, 1.82) is 0 Å². The fourth-order valence-corrected chi connectivity index (χ4v) is 6.71. The van der Waals surface area contributed by atoms with Gasteiger partial charge < -0.3 is 9.67 Å². The maximum atomic E-state index is 14.4. The lowest BCUT2D eigenvalue weighted by molar-refractivity contribution is -0.121. The van der Waals surface area contributed by atoms with Crippen LogP contribution in [0.25, 0.3) is 0 Å². The average Bonchev–Trinajstić information content (AvgIpc) is 2.83. The molecule has 164 valence electrons. The van der Waals surface area contributed by atoms with E-state index in [4.69, 9.17) is 0 Å². The van der Waals surface area contributed by atoms with E-state index in [-0.39, 0.29) is 17.5 Å². The van der Waals surface area contributed by atoms with Gasteiger partial charge in [-0.3, -0.25) is 20.4 Å². The van der Waals surface area contributed by atoms with E-state index < -0.39 is 30.6 Å². The van der Waals surface area contributed by atoms with Gasteiger partial charge in [0.15, 0.2) is 7.14 Å². The highest BCUT2D eigenvalue weighted by Gasteiger charge is 2.40. The van der Waals surface area contributed by atoms with Crippen LogP contribution in [0.1, 0.15) is 34.1 Å². The number of carboxylic acids is 1. The third kappa shape index (κ3) is 4.63. The van der Waals surface area contributed by atoms with Crippen molar-refractivity contribution in [2.45, 2.75) is 19.0 Å². The van der Waals surface area contributed by atoms with Gasteiger partial charge in [-0.2, -0.15) is 0 Å². The van der Waals surface area contributed by atoms with Crippen LogP contribution in [-0.2, 0) is 9.36 Å². The molecule has 3 N–H and O–H groups in total. The molecule has 0 aliphatic rings. The largest absolute Gasteiger partial charge is 0.478 e. The summed E-state index contributed by atoms with van der Waals surface area (Å²) in [4.78, 5) is 37.0. The van der Waals surface area contributed by atoms with Crippen LogP contribution in [0.2, 0.25) is 0 Å². The van der Waals surface area contributed by atoms with Crippen molar-refractivity contribution in [2.24, 2.45) is 0 Å². The van der Waals surface area contributed by atoms with Gasteiger partial charge in [0.05, 0.1) is 11.1 Å². The van der Waals surface area contributed by atoms with E-state index in [1.54, 1.807) is 67.6 Å². The maximum Gasteiger partial charge on any atom is 0.336 e. The first-order valence-electron chi connectivity index (χ1n) is 10.0. The maximum absolute atomic E-state index is 14.4. The van der Waals surface area contributed by atoms with Crippen molar-refractivity contribution in [3.8, 4) is 0 Å². The fraction of sp³-hybridized carbons (Fsp3) is 0.125. The Kier molecular flexibility index (Phi) is 7.23. The van der Waals surface area contributed by atoms with Gasteiger partial charge in [0.25, 0.3) is 5.91 Å². The van der Waals surface area contributed by atoms with Gasteiger partial charge >= 0.3 is 5.97 Å². The van der Waals surface area contributed by atoms with E-state index in [0.29, 0.717) is 10.6 Å². The topological polar surface area (TPSA) is 113 Å². The number of hydrogen-bond acceptors (Lipinski definition) is 4. The minimum Gasteiger partial charge on any atom is -0.478 e. The van der Waals surface area contributed by atoms with E-state index in [2.05, 4.69) is 10.9 Å². The van der Waals surface area contributed by atoms with Crippen LogP contribution in [0, 0.1) is 0 Å². The zero-order valence-corrected chi connectivity index (χ0v) is 18.3. The molecule has 3 rings (SSSR count). The molecule has 1 atom stereocenters. The predicted molar refractivity (Wildman–Crippen MR) is 123 cm³/mol. The Morgan fingerprint density at radius 3 is 1.72 bits per heavy atom. The highest BCUT2D eigenvalue weighted by molar-refractivity contribution is 7.80. The lowest BCUT2D eigenvalue weighted by atomic mass is 10.1. The smallest absolute Gasteiger partial charge is 0.336 e. The van der Waals surface area contributed by atoms with Crippen molar-refractivity contribution in [3.05, 3.63) is 96.1 Å². The molecule has 0 aliphatic heterocycles. The summed E-state index contributed by atoms with van der Waals surface area (Å²) < 4.78 is 14.4.